The van der Waals surface area contributed by atoms with E-state index in [2.05, 4.69) is 120 Å². The molecule has 4 aromatic carbocycles. The van der Waals surface area contributed by atoms with Crippen molar-refractivity contribution in [3.05, 3.63) is 126 Å². The highest BCUT2D eigenvalue weighted by Crippen LogP contribution is 2.34. The molecule has 1 aromatic heterocycles. The first kappa shape index (κ1) is 26.9. The highest BCUT2D eigenvalue weighted by Gasteiger charge is 2.22. The standard InChI is InChI=1S/C36H37N3O2/c1-2-3-21-39-32(35(30-15-9-5-10-16-30)37-36(39)31-17-11-6-12-18-31)27-38(25-28-13-7-4-8-14-28)26-29-19-20-33-34(24-29)41-23-22-40-33/h4-20,24H,2-3,21-23,25-27H2,1H3. The molecule has 6 rings (SSSR count). The van der Waals surface area contributed by atoms with Crippen molar-refractivity contribution in [3.8, 4) is 34.1 Å². The molecule has 0 saturated heterocycles. The van der Waals surface area contributed by atoms with Gasteiger partial charge in [-0.2, -0.15) is 0 Å². The maximum absolute atomic E-state index is 5.92. The van der Waals surface area contributed by atoms with Crippen LogP contribution in [0.4, 0.5) is 0 Å². The van der Waals surface area contributed by atoms with Gasteiger partial charge in [-0.15, -0.1) is 0 Å². The van der Waals surface area contributed by atoms with Crippen LogP contribution in [0.1, 0.15) is 36.6 Å². The van der Waals surface area contributed by atoms with E-state index in [0.717, 1.165) is 73.2 Å². The highest BCUT2D eigenvalue weighted by molar-refractivity contribution is 5.68. The molecular formula is C36H37N3O2. The number of imidazole rings is 1. The molecule has 5 heteroatoms. The van der Waals surface area contributed by atoms with Crippen LogP contribution in [0, 0.1) is 0 Å². The average molecular weight is 544 g/mol. The van der Waals surface area contributed by atoms with E-state index in [4.69, 9.17) is 14.5 Å². The van der Waals surface area contributed by atoms with Crippen molar-refractivity contribution in [2.75, 3.05) is 13.2 Å². The van der Waals surface area contributed by atoms with E-state index in [1.54, 1.807) is 0 Å². The van der Waals surface area contributed by atoms with E-state index in [1.165, 1.54) is 16.8 Å². The number of ether oxygens (including phenoxy) is 2. The number of rotatable bonds is 11. The number of hydrogen-bond acceptors (Lipinski definition) is 4. The van der Waals surface area contributed by atoms with Gasteiger partial charge in [-0.1, -0.05) is 110 Å². The van der Waals surface area contributed by atoms with Crippen molar-refractivity contribution < 1.29 is 9.47 Å². The second kappa shape index (κ2) is 12.9. The van der Waals surface area contributed by atoms with Gasteiger partial charge in [0.05, 0.1) is 11.4 Å². The van der Waals surface area contributed by atoms with Gasteiger partial charge in [-0.3, -0.25) is 4.90 Å². The molecule has 41 heavy (non-hydrogen) atoms. The minimum Gasteiger partial charge on any atom is -0.486 e. The average Bonchev–Trinajstić information content (AvgIpc) is 3.39. The van der Waals surface area contributed by atoms with E-state index in [9.17, 15) is 0 Å². The summed E-state index contributed by atoms with van der Waals surface area (Å²) in [5.41, 5.74) is 7.09. The summed E-state index contributed by atoms with van der Waals surface area (Å²) < 4.78 is 14.2. The molecular weight excluding hydrogens is 506 g/mol. The van der Waals surface area contributed by atoms with E-state index in [0.29, 0.717) is 13.2 Å². The molecule has 0 bridgehead atoms. The van der Waals surface area contributed by atoms with Crippen molar-refractivity contribution in [3.63, 3.8) is 0 Å². The SMILES string of the molecule is CCCCn1c(-c2ccccc2)nc(-c2ccccc2)c1CN(Cc1ccccc1)Cc1ccc2c(c1)OCCO2. The Hall–Kier alpha value is -4.35. The molecule has 0 amide bonds. The predicted octanol–water partition coefficient (Wildman–Crippen LogP) is 7.99. The first-order valence-electron chi connectivity index (χ1n) is 14.6. The summed E-state index contributed by atoms with van der Waals surface area (Å²) >= 11 is 0. The van der Waals surface area contributed by atoms with Gasteiger partial charge in [0.25, 0.3) is 0 Å². The van der Waals surface area contributed by atoms with Crippen molar-refractivity contribution in [1.29, 1.82) is 0 Å². The Morgan fingerprint density at radius 1 is 0.683 bits per heavy atom. The third-order valence-corrected chi connectivity index (χ3v) is 7.52. The third-order valence-electron chi connectivity index (χ3n) is 7.52. The molecule has 2 heterocycles. The predicted molar refractivity (Wildman–Crippen MR) is 165 cm³/mol. The summed E-state index contributed by atoms with van der Waals surface area (Å²) in [6, 6.07) is 38.3. The molecule has 208 valence electrons. The molecule has 0 spiro atoms. The van der Waals surface area contributed by atoms with Crippen molar-refractivity contribution in [2.45, 2.75) is 45.9 Å². The molecule has 0 unspecified atom stereocenters. The van der Waals surface area contributed by atoms with E-state index >= 15 is 0 Å². The van der Waals surface area contributed by atoms with Gasteiger partial charge in [0.15, 0.2) is 11.5 Å². The van der Waals surface area contributed by atoms with Crippen LogP contribution in [0.2, 0.25) is 0 Å². The molecule has 0 radical (unpaired) electrons. The second-order valence-electron chi connectivity index (χ2n) is 10.6. The van der Waals surface area contributed by atoms with Crippen LogP contribution in [0.5, 0.6) is 11.5 Å². The van der Waals surface area contributed by atoms with Crippen LogP contribution >= 0.6 is 0 Å². The van der Waals surface area contributed by atoms with Gasteiger partial charge in [0, 0.05) is 37.3 Å². The maximum atomic E-state index is 5.92. The number of unbranched alkanes of at least 4 members (excludes halogenated alkanes) is 1. The Kier molecular flexibility index (Phi) is 8.43. The fraction of sp³-hybridized carbons (Fsp3) is 0.250. The zero-order chi connectivity index (χ0) is 27.9. The summed E-state index contributed by atoms with van der Waals surface area (Å²) in [4.78, 5) is 7.84. The Balaban J connectivity index is 1.43. The largest absolute Gasteiger partial charge is 0.486 e. The zero-order valence-corrected chi connectivity index (χ0v) is 23.7. The smallest absolute Gasteiger partial charge is 0.161 e. The zero-order valence-electron chi connectivity index (χ0n) is 23.7. The monoisotopic (exact) mass is 543 g/mol. The van der Waals surface area contributed by atoms with Crippen LogP contribution in [-0.2, 0) is 26.2 Å². The van der Waals surface area contributed by atoms with Crippen LogP contribution in [-0.4, -0.2) is 27.7 Å². The molecule has 0 aliphatic carbocycles. The minimum absolute atomic E-state index is 0.587. The first-order valence-corrected chi connectivity index (χ1v) is 14.6. The topological polar surface area (TPSA) is 39.5 Å². The summed E-state index contributed by atoms with van der Waals surface area (Å²) in [7, 11) is 0. The second-order valence-corrected chi connectivity index (χ2v) is 10.6. The van der Waals surface area contributed by atoms with Crippen LogP contribution in [0.3, 0.4) is 0 Å². The molecule has 0 N–H and O–H groups in total. The molecule has 0 fully saturated rings. The quantitative estimate of drug-likeness (QED) is 0.169. The lowest BCUT2D eigenvalue weighted by Crippen LogP contribution is -2.25. The number of aromatic nitrogens is 2. The number of nitrogens with zero attached hydrogens (tertiary/aromatic N) is 3. The van der Waals surface area contributed by atoms with Gasteiger partial charge in [-0.05, 0) is 29.7 Å². The highest BCUT2D eigenvalue weighted by atomic mass is 16.6. The fourth-order valence-corrected chi connectivity index (χ4v) is 5.50. The number of hydrogen-bond donors (Lipinski definition) is 0. The molecule has 5 nitrogen and oxygen atoms in total. The van der Waals surface area contributed by atoms with Crippen molar-refractivity contribution in [2.24, 2.45) is 0 Å². The molecule has 1 aliphatic heterocycles. The van der Waals surface area contributed by atoms with E-state index in [1.807, 2.05) is 6.07 Å². The third kappa shape index (κ3) is 6.36. The normalized spacial score (nSPS) is 12.5. The Bertz CT molecular complexity index is 1550. The summed E-state index contributed by atoms with van der Waals surface area (Å²) in [5.74, 6) is 2.69. The maximum Gasteiger partial charge on any atom is 0.161 e. The van der Waals surface area contributed by atoms with Gasteiger partial charge in [0.2, 0.25) is 0 Å². The van der Waals surface area contributed by atoms with Crippen molar-refractivity contribution in [1.82, 2.24) is 14.5 Å². The van der Waals surface area contributed by atoms with E-state index in [-0.39, 0.29) is 0 Å². The Morgan fingerprint density at radius 2 is 1.32 bits per heavy atom. The molecule has 0 atom stereocenters. The van der Waals surface area contributed by atoms with Gasteiger partial charge < -0.3 is 14.0 Å². The van der Waals surface area contributed by atoms with Gasteiger partial charge >= 0.3 is 0 Å². The number of benzene rings is 4. The Labute approximate surface area is 243 Å². The lowest BCUT2D eigenvalue weighted by molar-refractivity contribution is 0.170. The molecule has 1 aliphatic rings. The summed E-state index contributed by atoms with van der Waals surface area (Å²) in [6.45, 7) is 6.73. The van der Waals surface area contributed by atoms with E-state index < -0.39 is 0 Å². The molecule has 5 aromatic rings. The summed E-state index contributed by atoms with van der Waals surface area (Å²) in [6.07, 6.45) is 2.22. The lowest BCUT2D eigenvalue weighted by atomic mass is 10.1. The summed E-state index contributed by atoms with van der Waals surface area (Å²) in [5, 5.41) is 0. The van der Waals surface area contributed by atoms with Crippen LogP contribution in [0.25, 0.3) is 22.6 Å². The lowest BCUT2D eigenvalue weighted by Gasteiger charge is -2.25. The minimum atomic E-state index is 0.587. The number of fused-ring (bicyclic) bond motifs is 1. The van der Waals surface area contributed by atoms with Crippen LogP contribution in [0.15, 0.2) is 109 Å². The first-order chi connectivity index (χ1) is 20.3. The van der Waals surface area contributed by atoms with Gasteiger partial charge in [0.1, 0.15) is 19.0 Å². The fourth-order valence-electron chi connectivity index (χ4n) is 5.50. The molecule has 0 saturated carbocycles. The van der Waals surface area contributed by atoms with Gasteiger partial charge in [-0.25, -0.2) is 4.98 Å². The van der Waals surface area contributed by atoms with Crippen molar-refractivity contribution >= 4 is 0 Å². The van der Waals surface area contributed by atoms with Crippen LogP contribution < -0.4 is 9.47 Å². The Morgan fingerprint density at radius 3 is 2.02 bits per heavy atom.